The first-order chi connectivity index (χ1) is 8.84. The molecule has 0 saturated heterocycles. The summed E-state index contributed by atoms with van der Waals surface area (Å²) in [6.07, 6.45) is 4.22. The fraction of sp³-hybridized carbons (Fsp3) is 0.667. The molecule has 1 nitrogen and oxygen atoms in total. The molecule has 0 amide bonds. The average Bonchev–Trinajstić information content (AvgIpc) is 2.81. The van der Waals surface area contributed by atoms with Crippen LogP contribution < -0.4 is 5.32 Å². The predicted molar refractivity (Wildman–Crippen MR) is 82.6 cm³/mol. The highest BCUT2D eigenvalue weighted by Crippen LogP contribution is 2.63. The van der Waals surface area contributed by atoms with E-state index in [4.69, 9.17) is 0 Å². The first-order valence-corrected chi connectivity index (χ1v) is 7.67. The van der Waals surface area contributed by atoms with Crippen molar-refractivity contribution in [2.24, 2.45) is 16.7 Å². The molecule has 19 heavy (non-hydrogen) atoms. The Morgan fingerprint density at radius 1 is 1.16 bits per heavy atom. The third-order valence-corrected chi connectivity index (χ3v) is 6.17. The molecule has 0 radical (unpaired) electrons. The number of aryl methyl sites for hydroxylation is 1. The van der Waals surface area contributed by atoms with Crippen LogP contribution in [0.25, 0.3) is 0 Å². The second-order valence-electron chi connectivity index (χ2n) is 7.74. The summed E-state index contributed by atoms with van der Waals surface area (Å²) in [7, 11) is 0. The third kappa shape index (κ3) is 1.81. The van der Waals surface area contributed by atoms with Crippen molar-refractivity contribution in [3.05, 3.63) is 29.3 Å². The summed E-state index contributed by atoms with van der Waals surface area (Å²) in [5, 5.41) is 3.91. The van der Waals surface area contributed by atoms with Crippen LogP contribution in [-0.2, 0) is 0 Å². The maximum Gasteiger partial charge on any atom is 0.0375 e. The van der Waals surface area contributed by atoms with Gasteiger partial charge in [-0.25, -0.2) is 0 Å². The minimum atomic E-state index is 0.420. The van der Waals surface area contributed by atoms with Crippen LogP contribution in [0.3, 0.4) is 0 Å². The van der Waals surface area contributed by atoms with Crippen LogP contribution in [0.5, 0.6) is 0 Å². The van der Waals surface area contributed by atoms with Gasteiger partial charge >= 0.3 is 0 Å². The number of rotatable bonds is 2. The molecule has 3 atom stereocenters. The monoisotopic (exact) mass is 257 g/mol. The van der Waals surface area contributed by atoms with Crippen molar-refractivity contribution < 1.29 is 0 Å². The van der Waals surface area contributed by atoms with Gasteiger partial charge in [0.15, 0.2) is 0 Å². The van der Waals surface area contributed by atoms with Gasteiger partial charge in [-0.1, -0.05) is 32.9 Å². The molecule has 2 fully saturated rings. The SMILES string of the molecule is Cc1cccc(NC2C3(C)CCC(C3)C2(C)C)c1C. The van der Waals surface area contributed by atoms with Gasteiger partial charge in [-0.3, -0.25) is 0 Å². The lowest BCUT2D eigenvalue weighted by molar-refractivity contribution is 0.155. The van der Waals surface area contributed by atoms with Gasteiger partial charge in [-0.05, 0) is 67.1 Å². The van der Waals surface area contributed by atoms with Crippen LogP contribution >= 0.6 is 0 Å². The molecule has 0 aliphatic heterocycles. The van der Waals surface area contributed by atoms with Crippen molar-refractivity contribution in [3.63, 3.8) is 0 Å². The zero-order valence-corrected chi connectivity index (χ0v) is 13.0. The molecule has 0 aromatic heterocycles. The van der Waals surface area contributed by atoms with Crippen LogP contribution in [0.4, 0.5) is 5.69 Å². The summed E-state index contributed by atoms with van der Waals surface area (Å²) in [6.45, 7) is 11.9. The van der Waals surface area contributed by atoms with Crippen molar-refractivity contribution in [1.29, 1.82) is 0 Å². The van der Waals surface area contributed by atoms with Gasteiger partial charge in [0.05, 0.1) is 0 Å². The molecule has 104 valence electrons. The molecule has 2 aliphatic carbocycles. The van der Waals surface area contributed by atoms with E-state index in [1.165, 1.54) is 36.1 Å². The topological polar surface area (TPSA) is 12.0 Å². The highest BCUT2D eigenvalue weighted by atomic mass is 15.0. The Bertz CT molecular complexity index is 498. The quantitative estimate of drug-likeness (QED) is 0.792. The van der Waals surface area contributed by atoms with E-state index in [2.05, 4.69) is 58.1 Å². The van der Waals surface area contributed by atoms with Crippen molar-refractivity contribution in [2.75, 3.05) is 5.32 Å². The molecule has 2 saturated carbocycles. The van der Waals surface area contributed by atoms with Crippen LogP contribution in [0.15, 0.2) is 18.2 Å². The van der Waals surface area contributed by atoms with Crippen LogP contribution in [0.2, 0.25) is 0 Å². The molecule has 2 bridgehead atoms. The van der Waals surface area contributed by atoms with Gasteiger partial charge in [0.25, 0.3) is 0 Å². The Morgan fingerprint density at radius 2 is 1.89 bits per heavy atom. The van der Waals surface area contributed by atoms with E-state index in [9.17, 15) is 0 Å². The molecule has 1 aromatic rings. The standard InChI is InChI=1S/C18H27N/c1-12-7-6-8-15(13(12)2)19-16-17(3,4)14-9-10-18(16,5)11-14/h6-8,14,16,19H,9-11H2,1-5H3. The van der Waals surface area contributed by atoms with E-state index >= 15 is 0 Å². The Balaban J connectivity index is 1.93. The maximum atomic E-state index is 3.91. The predicted octanol–water partition coefficient (Wildman–Crippen LogP) is 4.93. The normalized spacial score (nSPS) is 35.6. The van der Waals surface area contributed by atoms with E-state index in [0.29, 0.717) is 16.9 Å². The lowest BCUT2D eigenvalue weighted by Gasteiger charge is -2.44. The van der Waals surface area contributed by atoms with Crippen LogP contribution in [0, 0.1) is 30.6 Å². The summed E-state index contributed by atoms with van der Waals surface area (Å²) in [5.41, 5.74) is 5.04. The van der Waals surface area contributed by atoms with E-state index in [1.807, 2.05) is 0 Å². The van der Waals surface area contributed by atoms with E-state index < -0.39 is 0 Å². The summed E-state index contributed by atoms with van der Waals surface area (Å²) < 4.78 is 0. The van der Waals surface area contributed by atoms with Gasteiger partial charge < -0.3 is 5.32 Å². The minimum Gasteiger partial charge on any atom is -0.381 e. The Labute approximate surface area is 117 Å². The first kappa shape index (κ1) is 13.0. The number of hydrogen-bond donors (Lipinski definition) is 1. The molecular weight excluding hydrogens is 230 g/mol. The number of hydrogen-bond acceptors (Lipinski definition) is 1. The second kappa shape index (κ2) is 4.01. The smallest absolute Gasteiger partial charge is 0.0375 e. The highest BCUT2D eigenvalue weighted by molar-refractivity contribution is 5.55. The lowest BCUT2D eigenvalue weighted by Crippen LogP contribution is -2.45. The molecule has 3 rings (SSSR count). The van der Waals surface area contributed by atoms with Crippen LogP contribution in [-0.4, -0.2) is 6.04 Å². The number of nitrogens with one attached hydrogen (secondary N) is 1. The third-order valence-electron chi connectivity index (χ3n) is 6.17. The van der Waals surface area contributed by atoms with Crippen LogP contribution in [0.1, 0.15) is 51.2 Å². The Hall–Kier alpha value is -0.980. The van der Waals surface area contributed by atoms with Gasteiger partial charge in [-0.15, -0.1) is 0 Å². The fourth-order valence-electron chi connectivity index (χ4n) is 4.73. The summed E-state index contributed by atoms with van der Waals surface area (Å²) in [4.78, 5) is 0. The summed E-state index contributed by atoms with van der Waals surface area (Å²) in [5.74, 6) is 0.903. The van der Waals surface area contributed by atoms with E-state index in [1.54, 1.807) is 0 Å². The number of benzene rings is 1. The number of anilines is 1. The molecule has 1 heteroatoms. The summed E-state index contributed by atoms with van der Waals surface area (Å²) >= 11 is 0. The lowest BCUT2D eigenvalue weighted by atomic mass is 9.68. The largest absolute Gasteiger partial charge is 0.381 e. The zero-order chi connectivity index (χ0) is 13.8. The fourth-order valence-corrected chi connectivity index (χ4v) is 4.73. The molecule has 0 spiro atoms. The van der Waals surface area contributed by atoms with Crippen molar-refractivity contribution in [1.82, 2.24) is 0 Å². The maximum absolute atomic E-state index is 3.91. The second-order valence-corrected chi connectivity index (χ2v) is 7.74. The summed E-state index contributed by atoms with van der Waals surface area (Å²) in [6, 6.07) is 7.23. The van der Waals surface area contributed by atoms with Crippen molar-refractivity contribution in [3.8, 4) is 0 Å². The molecule has 1 aromatic carbocycles. The number of fused-ring (bicyclic) bond motifs is 2. The Kier molecular flexibility index (Phi) is 2.75. The molecule has 1 N–H and O–H groups in total. The van der Waals surface area contributed by atoms with Gasteiger partial charge in [0.2, 0.25) is 0 Å². The van der Waals surface area contributed by atoms with E-state index in [-0.39, 0.29) is 0 Å². The average molecular weight is 257 g/mol. The van der Waals surface area contributed by atoms with Gasteiger partial charge in [0, 0.05) is 11.7 Å². The highest BCUT2D eigenvalue weighted by Gasteiger charge is 2.59. The Morgan fingerprint density at radius 3 is 2.53 bits per heavy atom. The zero-order valence-electron chi connectivity index (χ0n) is 13.0. The van der Waals surface area contributed by atoms with Gasteiger partial charge in [0.1, 0.15) is 0 Å². The molecular formula is C18H27N. The molecule has 3 unspecified atom stereocenters. The molecule has 2 aliphatic rings. The van der Waals surface area contributed by atoms with Crippen molar-refractivity contribution >= 4 is 5.69 Å². The van der Waals surface area contributed by atoms with E-state index in [0.717, 1.165) is 5.92 Å². The minimum absolute atomic E-state index is 0.420. The van der Waals surface area contributed by atoms with Gasteiger partial charge in [-0.2, -0.15) is 0 Å². The first-order valence-electron chi connectivity index (χ1n) is 7.67. The van der Waals surface area contributed by atoms with Crippen molar-refractivity contribution in [2.45, 2.75) is 59.9 Å². The molecule has 0 heterocycles.